The normalized spacial score (nSPS) is 11.9. The van der Waals surface area contributed by atoms with E-state index in [0.717, 1.165) is 0 Å². The van der Waals surface area contributed by atoms with E-state index in [1.54, 1.807) is 6.07 Å². The van der Waals surface area contributed by atoms with Crippen molar-refractivity contribution in [1.29, 1.82) is 0 Å². The van der Waals surface area contributed by atoms with Gasteiger partial charge in [0.15, 0.2) is 0 Å². The van der Waals surface area contributed by atoms with Crippen LogP contribution in [0, 0.1) is 0 Å². The van der Waals surface area contributed by atoms with Crippen LogP contribution in [0.4, 0.5) is 4.39 Å². The second kappa shape index (κ2) is 4.97. The molecule has 1 aromatic carbocycles. The van der Waals surface area contributed by atoms with E-state index in [4.69, 9.17) is 9.84 Å². The molecular formula is C9H8BrFO4. The lowest BCUT2D eigenvalue weighted by Gasteiger charge is -2.09. The summed E-state index contributed by atoms with van der Waals surface area (Å²) in [5.41, 5.74) is 0. The van der Waals surface area contributed by atoms with Gasteiger partial charge in [-0.15, -0.1) is 0 Å². The average Bonchev–Trinajstić information content (AvgIpc) is 2.20. The molecule has 1 atom stereocenters. The molecule has 0 heterocycles. The summed E-state index contributed by atoms with van der Waals surface area (Å²) in [5.74, 6) is -1.01. The number of benzene rings is 1. The molecule has 1 aromatic rings. The molecule has 1 unspecified atom stereocenters. The second-order valence-electron chi connectivity index (χ2n) is 2.57. The smallest absolute Gasteiger partial charge is 0.378 e. The lowest BCUT2D eigenvalue weighted by atomic mass is 10.3. The van der Waals surface area contributed by atoms with Crippen molar-refractivity contribution in [3.05, 3.63) is 22.7 Å². The number of hydrogen-bond acceptors (Lipinski definition) is 3. The fourth-order valence-electron chi connectivity index (χ4n) is 0.866. The summed E-state index contributed by atoms with van der Waals surface area (Å²) in [4.78, 5) is 10.2. The number of aliphatic carboxylic acids is 1. The first-order valence-electron chi connectivity index (χ1n) is 3.91. The monoisotopic (exact) mass is 278 g/mol. The molecule has 0 aromatic heterocycles. The summed E-state index contributed by atoms with van der Waals surface area (Å²) in [7, 11) is 1.48. The minimum atomic E-state index is -2.38. The summed E-state index contributed by atoms with van der Waals surface area (Å²) in [5, 5.41) is 8.29. The molecule has 0 radical (unpaired) electrons. The van der Waals surface area contributed by atoms with Crippen LogP contribution in [0.3, 0.4) is 0 Å². The van der Waals surface area contributed by atoms with E-state index in [0.29, 0.717) is 10.2 Å². The van der Waals surface area contributed by atoms with Crippen LogP contribution in [0.25, 0.3) is 0 Å². The third kappa shape index (κ3) is 3.09. The molecule has 1 N–H and O–H groups in total. The Morgan fingerprint density at radius 2 is 2.27 bits per heavy atom. The first kappa shape index (κ1) is 11.8. The van der Waals surface area contributed by atoms with Gasteiger partial charge >= 0.3 is 12.3 Å². The van der Waals surface area contributed by atoms with Crippen LogP contribution >= 0.6 is 15.9 Å². The van der Waals surface area contributed by atoms with Crippen molar-refractivity contribution in [3.8, 4) is 11.5 Å². The highest BCUT2D eigenvalue weighted by Crippen LogP contribution is 2.29. The Morgan fingerprint density at radius 3 is 2.73 bits per heavy atom. The molecule has 0 aliphatic heterocycles. The average molecular weight is 279 g/mol. The van der Waals surface area contributed by atoms with Gasteiger partial charge in [0, 0.05) is 0 Å². The van der Waals surface area contributed by atoms with E-state index >= 15 is 0 Å². The molecule has 82 valence electrons. The summed E-state index contributed by atoms with van der Waals surface area (Å²) in [6.07, 6.45) is -2.38. The molecule has 6 heteroatoms. The summed E-state index contributed by atoms with van der Waals surface area (Å²) in [6.45, 7) is 0. The zero-order valence-electron chi connectivity index (χ0n) is 7.74. The van der Waals surface area contributed by atoms with E-state index in [-0.39, 0.29) is 5.75 Å². The van der Waals surface area contributed by atoms with E-state index in [2.05, 4.69) is 20.7 Å². The summed E-state index contributed by atoms with van der Waals surface area (Å²) < 4.78 is 22.6. The van der Waals surface area contributed by atoms with Gasteiger partial charge in [-0.25, -0.2) is 4.79 Å². The Morgan fingerprint density at radius 1 is 1.60 bits per heavy atom. The van der Waals surface area contributed by atoms with Crippen LogP contribution in [0.5, 0.6) is 11.5 Å². The van der Waals surface area contributed by atoms with Crippen LogP contribution in [0.15, 0.2) is 22.7 Å². The van der Waals surface area contributed by atoms with Gasteiger partial charge in [-0.2, -0.15) is 4.39 Å². The van der Waals surface area contributed by atoms with Gasteiger partial charge in [0.1, 0.15) is 11.5 Å². The largest absolute Gasteiger partial charge is 0.497 e. The Bertz CT molecular complexity index is 369. The fourth-order valence-corrected chi connectivity index (χ4v) is 1.32. The number of hydrogen-bond donors (Lipinski definition) is 1. The number of ether oxygens (including phenoxy) is 2. The van der Waals surface area contributed by atoms with Gasteiger partial charge in [0.2, 0.25) is 0 Å². The minimum Gasteiger partial charge on any atom is -0.497 e. The molecule has 0 aliphatic carbocycles. The van der Waals surface area contributed by atoms with Gasteiger partial charge in [-0.3, -0.25) is 0 Å². The number of carboxylic acids is 1. The highest BCUT2D eigenvalue weighted by Gasteiger charge is 2.18. The molecule has 0 saturated heterocycles. The van der Waals surface area contributed by atoms with Gasteiger partial charge in [0.25, 0.3) is 0 Å². The number of carbonyl (C=O) groups is 1. The molecule has 15 heavy (non-hydrogen) atoms. The van der Waals surface area contributed by atoms with Crippen LogP contribution < -0.4 is 9.47 Å². The maximum Gasteiger partial charge on any atom is 0.378 e. The molecule has 0 amide bonds. The Balaban J connectivity index is 2.82. The third-order valence-electron chi connectivity index (χ3n) is 1.56. The molecule has 0 aliphatic rings. The maximum atomic E-state index is 12.7. The Labute approximate surface area is 93.7 Å². The number of halogens is 2. The molecule has 1 rings (SSSR count). The van der Waals surface area contributed by atoms with Crippen molar-refractivity contribution < 1.29 is 23.8 Å². The predicted molar refractivity (Wildman–Crippen MR) is 53.9 cm³/mol. The molecule has 0 fully saturated rings. The van der Waals surface area contributed by atoms with Gasteiger partial charge in [-0.05, 0) is 34.1 Å². The van der Waals surface area contributed by atoms with Crippen molar-refractivity contribution in [2.75, 3.05) is 7.11 Å². The van der Waals surface area contributed by atoms with Crippen molar-refractivity contribution in [1.82, 2.24) is 0 Å². The van der Waals surface area contributed by atoms with Crippen LogP contribution in [-0.4, -0.2) is 24.5 Å². The molecule has 0 saturated carbocycles. The molecule has 0 spiro atoms. The van der Waals surface area contributed by atoms with Crippen LogP contribution in [0.1, 0.15) is 0 Å². The summed E-state index contributed by atoms with van der Waals surface area (Å²) in [6, 6.07) is 4.50. The van der Waals surface area contributed by atoms with E-state index in [9.17, 15) is 9.18 Å². The topological polar surface area (TPSA) is 55.8 Å². The maximum absolute atomic E-state index is 12.7. The molecule has 4 nitrogen and oxygen atoms in total. The lowest BCUT2D eigenvalue weighted by Crippen LogP contribution is -2.21. The summed E-state index contributed by atoms with van der Waals surface area (Å²) >= 11 is 3.10. The number of alkyl halides is 1. The van der Waals surface area contributed by atoms with Crippen molar-refractivity contribution >= 4 is 21.9 Å². The van der Waals surface area contributed by atoms with E-state index < -0.39 is 12.3 Å². The predicted octanol–water partition coefficient (Wildman–Crippen LogP) is 2.22. The zero-order chi connectivity index (χ0) is 11.4. The third-order valence-corrected chi connectivity index (χ3v) is 2.18. The highest BCUT2D eigenvalue weighted by molar-refractivity contribution is 9.10. The quantitative estimate of drug-likeness (QED) is 0.918. The highest BCUT2D eigenvalue weighted by atomic mass is 79.9. The molecule has 0 bridgehead atoms. The Kier molecular flexibility index (Phi) is 3.90. The van der Waals surface area contributed by atoms with Crippen LogP contribution in [0.2, 0.25) is 0 Å². The van der Waals surface area contributed by atoms with Gasteiger partial charge < -0.3 is 14.6 Å². The number of carboxylic acid groups (broad SMARTS) is 1. The number of methoxy groups -OCH3 is 1. The van der Waals surface area contributed by atoms with Gasteiger partial charge in [-0.1, -0.05) is 0 Å². The standard InChI is InChI=1S/C9H8BrFO4/c1-14-5-2-3-7(6(10)4-5)15-8(11)9(12)13/h2-4,8H,1H3,(H,12,13). The minimum absolute atomic E-state index is 0.103. The SMILES string of the molecule is COc1ccc(OC(F)C(=O)O)c(Br)c1. The lowest BCUT2D eigenvalue weighted by molar-refractivity contribution is -0.153. The van der Waals surface area contributed by atoms with Crippen molar-refractivity contribution in [3.63, 3.8) is 0 Å². The van der Waals surface area contributed by atoms with Crippen molar-refractivity contribution in [2.24, 2.45) is 0 Å². The fraction of sp³-hybridized carbons (Fsp3) is 0.222. The number of rotatable bonds is 4. The Hall–Kier alpha value is -1.30. The van der Waals surface area contributed by atoms with Gasteiger partial charge in [0.05, 0.1) is 11.6 Å². The van der Waals surface area contributed by atoms with Crippen LogP contribution in [-0.2, 0) is 4.79 Å². The first-order valence-corrected chi connectivity index (χ1v) is 4.71. The zero-order valence-corrected chi connectivity index (χ0v) is 9.32. The van der Waals surface area contributed by atoms with E-state index in [1.165, 1.54) is 19.2 Å². The molecular weight excluding hydrogens is 271 g/mol. The second-order valence-corrected chi connectivity index (χ2v) is 3.42. The van der Waals surface area contributed by atoms with E-state index in [1.807, 2.05) is 0 Å². The van der Waals surface area contributed by atoms with Crippen molar-refractivity contribution in [2.45, 2.75) is 6.36 Å². The first-order chi connectivity index (χ1) is 7.04.